The quantitative estimate of drug-likeness (QED) is 0.790. The van der Waals surface area contributed by atoms with Gasteiger partial charge in [-0.15, -0.1) is 0 Å². The van der Waals surface area contributed by atoms with Crippen molar-refractivity contribution in [1.29, 1.82) is 5.26 Å². The molecule has 0 saturated heterocycles. The molecule has 1 aliphatic rings. The number of rotatable bonds is 4. The average Bonchev–Trinajstić information content (AvgIpc) is 2.67. The molecular weight excluding hydrogens is 360 g/mol. The number of amides is 1. The first kappa shape index (κ1) is 20.9. The van der Waals surface area contributed by atoms with Gasteiger partial charge in [0.25, 0.3) is 5.91 Å². The van der Waals surface area contributed by atoms with Crippen LogP contribution in [0.5, 0.6) is 5.75 Å². The Bertz CT molecular complexity index is 965. The van der Waals surface area contributed by atoms with E-state index in [1.807, 2.05) is 57.2 Å². The topological polar surface area (TPSA) is 62.1 Å². The van der Waals surface area contributed by atoms with Crippen LogP contribution in [0, 0.1) is 42.9 Å². The number of hydrogen-bond donors (Lipinski definition) is 1. The van der Waals surface area contributed by atoms with Crippen LogP contribution in [0.1, 0.15) is 60.3 Å². The van der Waals surface area contributed by atoms with Gasteiger partial charge in [-0.2, -0.15) is 5.26 Å². The molecule has 0 heterocycles. The minimum absolute atomic E-state index is 0.0198. The van der Waals surface area contributed by atoms with Crippen molar-refractivity contribution >= 4 is 5.91 Å². The SMILES string of the molecule is Cc1ccc(C(=O)NC2C(C)(C)C(Oc3ccc(C#N)c(C)c3C)C2(C)C)cc1. The van der Waals surface area contributed by atoms with Crippen LogP contribution in [0.25, 0.3) is 0 Å². The Morgan fingerprint density at radius 1 is 0.966 bits per heavy atom. The normalized spacial score (nSPS) is 21.6. The van der Waals surface area contributed by atoms with E-state index in [1.165, 1.54) is 0 Å². The summed E-state index contributed by atoms with van der Waals surface area (Å²) in [5.41, 5.74) is 3.94. The molecule has 4 nitrogen and oxygen atoms in total. The van der Waals surface area contributed by atoms with E-state index in [-0.39, 0.29) is 28.9 Å². The lowest BCUT2D eigenvalue weighted by molar-refractivity contribution is -0.164. The molecule has 1 fully saturated rings. The van der Waals surface area contributed by atoms with Crippen molar-refractivity contribution < 1.29 is 9.53 Å². The Morgan fingerprint density at radius 2 is 1.55 bits per heavy atom. The minimum atomic E-state index is -0.238. The molecule has 2 aromatic rings. The molecule has 0 radical (unpaired) electrons. The zero-order valence-electron chi connectivity index (χ0n) is 18.4. The summed E-state index contributed by atoms with van der Waals surface area (Å²) >= 11 is 0. The minimum Gasteiger partial charge on any atom is -0.489 e. The number of nitrogens with one attached hydrogen (secondary N) is 1. The van der Waals surface area contributed by atoms with E-state index in [9.17, 15) is 10.1 Å². The molecule has 1 N–H and O–H groups in total. The first-order valence-corrected chi connectivity index (χ1v) is 10.0. The fourth-order valence-electron chi connectivity index (χ4n) is 4.89. The molecule has 0 aromatic heterocycles. The number of nitrogens with zero attached hydrogens (tertiary/aromatic N) is 1. The van der Waals surface area contributed by atoms with Crippen molar-refractivity contribution in [2.75, 3.05) is 0 Å². The Hall–Kier alpha value is -2.80. The number of carbonyl (C=O) groups is 1. The summed E-state index contributed by atoms with van der Waals surface area (Å²) in [4.78, 5) is 12.8. The molecule has 1 amide bonds. The van der Waals surface area contributed by atoms with E-state index in [1.54, 1.807) is 0 Å². The van der Waals surface area contributed by atoms with Gasteiger partial charge in [0.1, 0.15) is 11.9 Å². The summed E-state index contributed by atoms with van der Waals surface area (Å²) in [6, 6.07) is 13.5. The van der Waals surface area contributed by atoms with E-state index >= 15 is 0 Å². The van der Waals surface area contributed by atoms with Gasteiger partial charge in [-0.1, -0.05) is 45.4 Å². The smallest absolute Gasteiger partial charge is 0.251 e. The van der Waals surface area contributed by atoms with Crippen LogP contribution in [-0.4, -0.2) is 18.1 Å². The van der Waals surface area contributed by atoms with E-state index in [0.29, 0.717) is 11.1 Å². The second kappa shape index (κ2) is 7.22. The molecule has 0 atom stereocenters. The number of hydrogen-bond acceptors (Lipinski definition) is 3. The van der Waals surface area contributed by atoms with Crippen molar-refractivity contribution in [3.8, 4) is 11.8 Å². The molecule has 3 rings (SSSR count). The van der Waals surface area contributed by atoms with Gasteiger partial charge in [0, 0.05) is 22.4 Å². The van der Waals surface area contributed by atoms with Crippen LogP contribution >= 0.6 is 0 Å². The first-order valence-electron chi connectivity index (χ1n) is 10.0. The van der Waals surface area contributed by atoms with Gasteiger partial charge in [-0.05, 0) is 56.2 Å². The summed E-state index contributed by atoms with van der Waals surface area (Å²) in [5, 5.41) is 12.5. The number of benzene rings is 2. The molecule has 29 heavy (non-hydrogen) atoms. The van der Waals surface area contributed by atoms with Crippen LogP contribution in [0.3, 0.4) is 0 Å². The van der Waals surface area contributed by atoms with Crippen molar-refractivity contribution in [2.24, 2.45) is 10.8 Å². The zero-order chi connectivity index (χ0) is 21.6. The number of aryl methyl sites for hydroxylation is 1. The molecular formula is C25H30N2O2. The van der Waals surface area contributed by atoms with Gasteiger partial charge in [-0.25, -0.2) is 0 Å². The maximum Gasteiger partial charge on any atom is 0.251 e. The van der Waals surface area contributed by atoms with Crippen LogP contribution in [0.15, 0.2) is 36.4 Å². The van der Waals surface area contributed by atoms with E-state index < -0.39 is 0 Å². The van der Waals surface area contributed by atoms with Gasteiger partial charge in [0.2, 0.25) is 0 Å². The Morgan fingerprint density at radius 3 is 2.10 bits per heavy atom. The highest BCUT2D eigenvalue weighted by atomic mass is 16.5. The maximum atomic E-state index is 12.8. The Balaban J connectivity index is 1.80. The number of ether oxygens (including phenoxy) is 1. The highest BCUT2D eigenvalue weighted by Crippen LogP contribution is 2.55. The van der Waals surface area contributed by atoms with Gasteiger partial charge in [0.05, 0.1) is 11.6 Å². The summed E-state index contributed by atoms with van der Waals surface area (Å²) in [7, 11) is 0. The Kier molecular flexibility index (Phi) is 5.21. The van der Waals surface area contributed by atoms with Crippen molar-refractivity contribution in [1.82, 2.24) is 5.32 Å². The molecule has 1 aliphatic carbocycles. The van der Waals surface area contributed by atoms with Gasteiger partial charge in [0.15, 0.2) is 0 Å². The second-order valence-corrected chi connectivity index (χ2v) is 9.39. The zero-order valence-corrected chi connectivity index (χ0v) is 18.4. The van der Waals surface area contributed by atoms with Gasteiger partial charge >= 0.3 is 0 Å². The molecule has 152 valence electrons. The van der Waals surface area contributed by atoms with Crippen molar-refractivity contribution in [3.05, 3.63) is 64.2 Å². The molecule has 0 aliphatic heterocycles. The Labute approximate surface area is 173 Å². The maximum absolute atomic E-state index is 12.8. The van der Waals surface area contributed by atoms with Crippen LogP contribution in [-0.2, 0) is 0 Å². The monoisotopic (exact) mass is 390 g/mol. The van der Waals surface area contributed by atoms with E-state index in [2.05, 4.69) is 39.1 Å². The van der Waals surface area contributed by atoms with Gasteiger partial charge < -0.3 is 10.1 Å². The molecule has 4 heteroatoms. The average molecular weight is 391 g/mol. The lowest BCUT2D eigenvalue weighted by Crippen LogP contribution is -2.74. The van der Waals surface area contributed by atoms with Crippen molar-refractivity contribution in [3.63, 3.8) is 0 Å². The largest absolute Gasteiger partial charge is 0.489 e. The fraction of sp³-hybridized carbons (Fsp3) is 0.440. The first-order chi connectivity index (χ1) is 13.5. The third kappa shape index (κ3) is 3.51. The highest BCUT2D eigenvalue weighted by Gasteiger charge is 2.64. The molecule has 0 unspecified atom stereocenters. The van der Waals surface area contributed by atoms with Crippen LogP contribution in [0.4, 0.5) is 0 Å². The molecule has 2 aromatic carbocycles. The van der Waals surface area contributed by atoms with Crippen LogP contribution < -0.4 is 10.1 Å². The third-order valence-electron chi connectivity index (χ3n) is 6.53. The summed E-state index contributed by atoms with van der Waals surface area (Å²) in [6.07, 6.45) is -0.0654. The fourth-order valence-corrected chi connectivity index (χ4v) is 4.89. The number of carbonyl (C=O) groups excluding carboxylic acids is 1. The predicted octanol–water partition coefficient (Wildman–Crippen LogP) is 5.10. The van der Waals surface area contributed by atoms with E-state index in [0.717, 1.165) is 22.4 Å². The third-order valence-corrected chi connectivity index (χ3v) is 6.53. The summed E-state index contributed by atoms with van der Waals surface area (Å²) in [6.45, 7) is 14.5. The van der Waals surface area contributed by atoms with Crippen molar-refractivity contribution in [2.45, 2.75) is 60.6 Å². The van der Waals surface area contributed by atoms with Gasteiger partial charge in [-0.3, -0.25) is 4.79 Å². The standard InChI is InChI=1S/C25H30N2O2/c1-15-8-10-18(11-9-15)21(28)27-22-24(4,5)23(25(22,6)7)29-20-13-12-19(14-26)16(2)17(20)3/h8-13,22-23H,1-7H3,(H,27,28). The lowest BCUT2D eigenvalue weighted by Gasteiger charge is -2.63. The molecule has 1 saturated carbocycles. The lowest BCUT2D eigenvalue weighted by atomic mass is 9.49. The molecule has 0 spiro atoms. The highest BCUT2D eigenvalue weighted by molar-refractivity contribution is 5.94. The molecule has 0 bridgehead atoms. The second-order valence-electron chi connectivity index (χ2n) is 9.39. The van der Waals surface area contributed by atoms with E-state index in [4.69, 9.17) is 4.74 Å². The summed E-state index contributed by atoms with van der Waals surface area (Å²) in [5.74, 6) is 0.746. The predicted molar refractivity (Wildman–Crippen MR) is 115 cm³/mol. The summed E-state index contributed by atoms with van der Waals surface area (Å²) < 4.78 is 6.46. The number of nitriles is 1. The van der Waals surface area contributed by atoms with Crippen LogP contribution in [0.2, 0.25) is 0 Å².